The Bertz CT molecular complexity index is 996. The molecule has 0 fully saturated rings. The standard InChI is InChI=1S/C16H15FN6O3S/c17-15-6-3-13(7-16(15)26-27(19,24)25)9-23(22-10-20-21-11-22)14-4-1-12(8-18)2-5-14/h1-7,10-11,15-16H,9H2,(H2,19,24,25). The van der Waals surface area contributed by atoms with Crippen molar-refractivity contribution >= 4 is 16.0 Å². The monoisotopic (exact) mass is 390 g/mol. The Morgan fingerprint density at radius 2 is 1.96 bits per heavy atom. The molecule has 0 radical (unpaired) electrons. The first-order chi connectivity index (χ1) is 12.9. The highest BCUT2D eigenvalue weighted by Gasteiger charge is 2.26. The number of rotatable bonds is 6. The average Bonchev–Trinajstić information content (AvgIpc) is 3.15. The Balaban J connectivity index is 1.89. The minimum absolute atomic E-state index is 0.234. The van der Waals surface area contributed by atoms with Gasteiger partial charge in [0, 0.05) is 0 Å². The zero-order chi connectivity index (χ0) is 19.4. The van der Waals surface area contributed by atoms with Crippen molar-refractivity contribution in [1.29, 1.82) is 5.26 Å². The number of nitrogens with zero attached hydrogens (tertiary/aromatic N) is 5. The minimum atomic E-state index is -4.30. The summed E-state index contributed by atoms with van der Waals surface area (Å²) in [5.74, 6) is 0. The van der Waals surface area contributed by atoms with Gasteiger partial charge < -0.3 is 0 Å². The fraction of sp³-hybridized carbons (Fsp3) is 0.188. The van der Waals surface area contributed by atoms with E-state index in [0.717, 1.165) is 5.69 Å². The Morgan fingerprint density at radius 1 is 1.30 bits per heavy atom. The molecule has 0 aliphatic heterocycles. The Morgan fingerprint density at radius 3 is 2.56 bits per heavy atom. The van der Waals surface area contributed by atoms with Crippen molar-refractivity contribution in [1.82, 2.24) is 14.9 Å². The van der Waals surface area contributed by atoms with Crippen molar-refractivity contribution in [3.05, 3.63) is 66.3 Å². The number of aromatic nitrogens is 3. The minimum Gasteiger partial charge on any atom is -0.275 e. The first-order valence-electron chi connectivity index (χ1n) is 7.72. The van der Waals surface area contributed by atoms with Crippen LogP contribution in [0.1, 0.15) is 5.56 Å². The molecule has 11 heteroatoms. The molecule has 2 N–H and O–H groups in total. The lowest BCUT2D eigenvalue weighted by molar-refractivity contribution is 0.169. The third kappa shape index (κ3) is 4.76. The molecule has 1 aromatic carbocycles. The smallest absolute Gasteiger partial charge is 0.275 e. The van der Waals surface area contributed by atoms with Gasteiger partial charge in [0.05, 0.1) is 23.9 Å². The number of halogens is 1. The van der Waals surface area contributed by atoms with Crippen LogP contribution in [0, 0.1) is 11.3 Å². The highest BCUT2D eigenvalue weighted by atomic mass is 32.2. The summed E-state index contributed by atoms with van der Waals surface area (Å²) in [4.78, 5) is 0. The number of nitrogens with two attached hydrogens (primary N) is 1. The highest BCUT2D eigenvalue weighted by Crippen LogP contribution is 2.22. The van der Waals surface area contributed by atoms with Crippen molar-refractivity contribution in [3.63, 3.8) is 0 Å². The maximum atomic E-state index is 13.9. The maximum absolute atomic E-state index is 13.9. The normalized spacial score (nSPS) is 19.4. The fourth-order valence-electron chi connectivity index (χ4n) is 2.53. The number of benzene rings is 1. The van der Waals surface area contributed by atoms with Gasteiger partial charge in [0.25, 0.3) is 0 Å². The number of hydrogen-bond acceptors (Lipinski definition) is 7. The lowest BCUT2D eigenvalue weighted by Crippen LogP contribution is -2.34. The van der Waals surface area contributed by atoms with Crippen molar-refractivity contribution in [2.45, 2.75) is 12.3 Å². The Labute approximate surface area is 155 Å². The predicted molar refractivity (Wildman–Crippen MR) is 94.0 cm³/mol. The van der Waals surface area contributed by atoms with Crippen LogP contribution in [0.2, 0.25) is 0 Å². The molecular formula is C16H15FN6O3S. The molecule has 2 atom stereocenters. The molecule has 0 bridgehead atoms. The lowest BCUT2D eigenvalue weighted by Gasteiger charge is -2.27. The molecule has 140 valence electrons. The van der Waals surface area contributed by atoms with E-state index in [1.165, 1.54) is 30.9 Å². The molecule has 0 spiro atoms. The van der Waals surface area contributed by atoms with E-state index in [4.69, 9.17) is 10.4 Å². The fourth-order valence-corrected chi connectivity index (χ4v) is 3.00. The largest absolute Gasteiger partial charge is 0.333 e. The van der Waals surface area contributed by atoms with Crippen LogP contribution in [0.15, 0.2) is 60.7 Å². The lowest BCUT2D eigenvalue weighted by atomic mass is 10.0. The summed E-state index contributed by atoms with van der Waals surface area (Å²) >= 11 is 0. The quantitative estimate of drug-likeness (QED) is 0.774. The summed E-state index contributed by atoms with van der Waals surface area (Å²) in [6, 6.07) is 8.83. The van der Waals surface area contributed by atoms with Crippen LogP contribution in [0.3, 0.4) is 0 Å². The van der Waals surface area contributed by atoms with Crippen LogP contribution >= 0.6 is 0 Å². The topological polar surface area (TPSA) is 127 Å². The molecule has 0 amide bonds. The molecule has 2 unspecified atom stereocenters. The van der Waals surface area contributed by atoms with Crippen LogP contribution in [0.5, 0.6) is 0 Å². The summed E-state index contributed by atoms with van der Waals surface area (Å²) in [5, 5.41) is 23.1. The Hall–Kier alpha value is -3.07. The van der Waals surface area contributed by atoms with E-state index in [0.29, 0.717) is 11.1 Å². The molecular weight excluding hydrogens is 375 g/mol. The second-order valence-corrected chi connectivity index (χ2v) is 6.84. The molecule has 27 heavy (non-hydrogen) atoms. The van der Waals surface area contributed by atoms with Crippen LogP contribution in [-0.2, 0) is 14.5 Å². The molecule has 2 aromatic rings. The summed E-state index contributed by atoms with van der Waals surface area (Å²) in [6.45, 7) is 0.234. The Kier molecular flexibility index (Phi) is 5.31. The zero-order valence-electron chi connectivity index (χ0n) is 13.9. The van der Waals surface area contributed by atoms with E-state index in [2.05, 4.69) is 14.4 Å². The molecule has 1 heterocycles. The second-order valence-electron chi connectivity index (χ2n) is 5.66. The van der Waals surface area contributed by atoms with Crippen LogP contribution in [0.25, 0.3) is 0 Å². The third-order valence-electron chi connectivity index (χ3n) is 3.74. The van der Waals surface area contributed by atoms with Gasteiger partial charge in [0.15, 0.2) is 0 Å². The van der Waals surface area contributed by atoms with Gasteiger partial charge in [-0.2, -0.15) is 13.7 Å². The number of nitriles is 1. The van der Waals surface area contributed by atoms with Crippen molar-refractivity contribution in [3.8, 4) is 6.07 Å². The molecule has 1 aliphatic rings. The van der Waals surface area contributed by atoms with Crippen LogP contribution in [0.4, 0.5) is 10.1 Å². The number of hydrogen-bond donors (Lipinski definition) is 1. The van der Waals surface area contributed by atoms with Crippen LogP contribution < -0.4 is 10.1 Å². The first kappa shape index (κ1) is 18.7. The van der Waals surface area contributed by atoms with Gasteiger partial charge in [-0.1, -0.05) is 6.08 Å². The molecule has 3 rings (SSSR count). The van der Waals surface area contributed by atoms with Gasteiger partial charge in [-0.15, -0.1) is 10.2 Å². The number of alkyl halides is 1. The van der Waals surface area contributed by atoms with Gasteiger partial charge in [-0.05, 0) is 42.0 Å². The van der Waals surface area contributed by atoms with E-state index in [1.54, 1.807) is 34.0 Å². The van der Waals surface area contributed by atoms with E-state index >= 15 is 0 Å². The van der Waals surface area contributed by atoms with E-state index in [9.17, 15) is 12.8 Å². The molecule has 1 aromatic heterocycles. The van der Waals surface area contributed by atoms with Gasteiger partial charge in [0.2, 0.25) is 0 Å². The first-order valence-corrected chi connectivity index (χ1v) is 9.19. The van der Waals surface area contributed by atoms with E-state index in [-0.39, 0.29) is 6.54 Å². The van der Waals surface area contributed by atoms with E-state index < -0.39 is 22.6 Å². The summed E-state index contributed by atoms with van der Waals surface area (Å²) < 4.78 is 42.4. The van der Waals surface area contributed by atoms with Gasteiger partial charge in [-0.25, -0.2) is 18.4 Å². The van der Waals surface area contributed by atoms with E-state index in [1.807, 2.05) is 6.07 Å². The molecule has 1 aliphatic carbocycles. The maximum Gasteiger partial charge on any atom is 0.333 e. The summed E-state index contributed by atoms with van der Waals surface area (Å²) in [5.41, 5.74) is 1.81. The average molecular weight is 390 g/mol. The van der Waals surface area contributed by atoms with Crippen LogP contribution in [-0.4, -0.2) is 42.1 Å². The van der Waals surface area contributed by atoms with Gasteiger partial charge in [0.1, 0.15) is 24.9 Å². The molecule has 0 saturated carbocycles. The zero-order valence-corrected chi connectivity index (χ0v) is 14.7. The second kappa shape index (κ2) is 7.67. The highest BCUT2D eigenvalue weighted by molar-refractivity contribution is 7.84. The predicted octanol–water partition coefficient (Wildman–Crippen LogP) is 0.842. The molecule has 0 saturated heterocycles. The summed E-state index contributed by atoms with van der Waals surface area (Å²) in [6.07, 6.45) is 4.07. The van der Waals surface area contributed by atoms with Gasteiger partial charge in [-0.3, -0.25) is 5.01 Å². The molecule has 9 nitrogen and oxygen atoms in total. The van der Waals surface area contributed by atoms with Crippen molar-refractivity contribution < 1.29 is 17.0 Å². The third-order valence-corrected chi connectivity index (χ3v) is 4.23. The van der Waals surface area contributed by atoms with Gasteiger partial charge >= 0.3 is 10.3 Å². The van der Waals surface area contributed by atoms with Crippen molar-refractivity contribution in [2.75, 3.05) is 11.6 Å². The summed E-state index contributed by atoms with van der Waals surface area (Å²) in [7, 11) is -4.30. The van der Waals surface area contributed by atoms with Crippen molar-refractivity contribution in [2.24, 2.45) is 5.14 Å². The SMILES string of the molecule is N#Cc1ccc(N(CC2=CC(OS(N)(=O)=O)C(F)C=C2)n2cnnc2)cc1. The number of anilines is 1.